The summed E-state index contributed by atoms with van der Waals surface area (Å²) >= 11 is 3.30. The number of carboxylic acids is 1. The number of hydrogen-bond acceptors (Lipinski definition) is 18. The van der Waals surface area contributed by atoms with Gasteiger partial charge in [0.05, 0.1) is 11.7 Å². The molecule has 2 amide bonds. The largest absolute Gasteiger partial charge is 1.00 e. The molecule has 7 N–H and O–H groups in total. The molecule has 0 bridgehead atoms. The second-order valence-electron chi connectivity index (χ2n) is 10.1. The Morgan fingerprint density at radius 1 is 1.12 bits per heavy atom. The number of thiazole rings is 1. The third kappa shape index (κ3) is 7.58. The van der Waals surface area contributed by atoms with E-state index in [2.05, 4.69) is 25.7 Å². The fourth-order valence-corrected chi connectivity index (χ4v) is 7.41. The maximum Gasteiger partial charge on any atom is 1.00 e. The number of aromatic hydroxyl groups is 4. The molecule has 21 heteroatoms. The molecule has 0 unspecified atom stereocenters. The standard InChI is InChI=1S/C28H23N7O10S3.Na/c29-27-30-14(10-47-27)19(34-44-7-11-1-3-15(36)17(38)5-11)22(40)31-20-24(41)35-21(26(42)43)13(8-46-25(20)35)9-48-28-33-32-23(45-28)12-2-4-16(37)18(39)6-12;/h1-6,10,20,25,36-39H,7-9H2,(H2,29,30)(H,31,40)(H,42,43);/q;+1/p-1/b34-19-;/t20-,25-;/m1./s1. The van der Waals surface area contributed by atoms with Crippen LogP contribution in [0.5, 0.6) is 23.0 Å². The van der Waals surface area contributed by atoms with Gasteiger partial charge in [-0.3, -0.25) is 14.5 Å². The number of phenols is 4. The molecule has 0 aliphatic carbocycles. The summed E-state index contributed by atoms with van der Waals surface area (Å²) in [6.07, 6.45) is 0. The average molecular weight is 736 g/mol. The van der Waals surface area contributed by atoms with E-state index in [0.29, 0.717) is 16.7 Å². The number of carbonyl (C=O) groups is 3. The quantitative estimate of drug-likeness (QED) is 0.0236. The van der Waals surface area contributed by atoms with Crippen molar-refractivity contribution in [2.45, 2.75) is 23.2 Å². The minimum absolute atomic E-state index is 0. The van der Waals surface area contributed by atoms with Crippen molar-refractivity contribution in [3.63, 3.8) is 0 Å². The van der Waals surface area contributed by atoms with Gasteiger partial charge >= 0.3 is 29.6 Å². The van der Waals surface area contributed by atoms with E-state index in [1.807, 2.05) is 0 Å². The van der Waals surface area contributed by atoms with Crippen molar-refractivity contribution in [3.05, 3.63) is 64.3 Å². The monoisotopic (exact) mass is 735 g/mol. The second-order valence-corrected chi connectivity index (χ2v) is 13.0. The Bertz CT molecular complexity index is 2000. The van der Waals surface area contributed by atoms with E-state index in [1.165, 1.54) is 53.5 Å². The predicted molar refractivity (Wildman–Crippen MR) is 168 cm³/mol. The first kappa shape index (κ1) is 35.8. The summed E-state index contributed by atoms with van der Waals surface area (Å²) in [5.74, 6) is -4.18. The van der Waals surface area contributed by atoms with Crippen LogP contribution in [-0.2, 0) is 25.8 Å². The number of rotatable bonds is 11. The molecule has 1 fully saturated rings. The first-order chi connectivity index (χ1) is 23.0. The summed E-state index contributed by atoms with van der Waals surface area (Å²) in [4.78, 5) is 49.2. The Labute approximate surface area is 310 Å². The fraction of sp³-hybridized carbons (Fsp3) is 0.179. The number of nitrogens with zero attached hydrogens (tertiary/aromatic N) is 5. The van der Waals surface area contributed by atoms with E-state index in [9.17, 15) is 39.9 Å². The summed E-state index contributed by atoms with van der Waals surface area (Å²) in [5, 5.41) is 65.9. The number of benzene rings is 2. The minimum Gasteiger partial charge on any atom is -0.543 e. The normalized spacial score (nSPS) is 17.2. The molecule has 2 atom stereocenters. The maximum atomic E-state index is 13.4. The first-order valence-electron chi connectivity index (χ1n) is 13.6. The Balaban J connectivity index is 0.00000468. The van der Waals surface area contributed by atoms with Gasteiger partial charge in [0.1, 0.15) is 23.7 Å². The summed E-state index contributed by atoms with van der Waals surface area (Å²) < 4.78 is 5.59. The zero-order valence-corrected chi connectivity index (χ0v) is 29.5. The van der Waals surface area contributed by atoms with E-state index in [-0.39, 0.29) is 104 Å². The van der Waals surface area contributed by atoms with E-state index < -0.39 is 29.2 Å². The van der Waals surface area contributed by atoms with Crippen LogP contribution in [0, 0.1) is 0 Å². The zero-order valence-electron chi connectivity index (χ0n) is 25.1. The van der Waals surface area contributed by atoms with Gasteiger partial charge in [-0.15, -0.1) is 33.3 Å². The topological polar surface area (TPSA) is 270 Å². The van der Waals surface area contributed by atoms with Crippen molar-refractivity contribution in [2.75, 3.05) is 17.2 Å². The average Bonchev–Trinajstić information content (AvgIpc) is 3.72. The predicted octanol–water partition coefficient (Wildman–Crippen LogP) is -2.28. The molecule has 2 aromatic heterocycles. The Morgan fingerprint density at radius 3 is 2.53 bits per heavy atom. The van der Waals surface area contributed by atoms with Crippen molar-refractivity contribution in [1.29, 1.82) is 0 Å². The number of carboxylic acid groups (broad SMARTS) is 1. The van der Waals surface area contributed by atoms with Crippen LogP contribution < -0.4 is 45.7 Å². The number of nitrogens with one attached hydrogen (secondary N) is 1. The van der Waals surface area contributed by atoms with Crippen molar-refractivity contribution in [1.82, 2.24) is 25.4 Å². The molecule has 248 valence electrons. The second kappa shape index (κ2) is 15.0. The van der Waals surface area contributed by atoms with Gasteiger partial charge in [-0.25, -0.2) is 4.98 Å². The number of β-lactam (4-membered cyclic amide) rings is 1. The van der Waals surface area contributed by atoms with Crippen LogP contribution in [0.1, 0.15) is 11.3 Å². The van der Waals surface area contributed by atoms with Crippen molar-refractivity contribution in [3.8, 4) is 34.5 Å². The van der Waals surface area contributed by atoms with Gasteiger partial charge in [-0.2, -0.15) is 0 Å². The molecular formula is C28H22N7NaO10S3. The number of aromatic nitrogens is 3. The van der Waals surface area contributed by atoms with E-state index in [4.69, 9.17) is 15.0 Å². The maximum absolute atomic E-state index is 13.4. The smallest absolute Gasteiger partial charge is 0.543 e. The van der Waals surface area contributed by atoms with Crippen LogP contribution in [0.3, 0.4) is 0 Å². The van der Waals surface area contributed by atoms with Gasteiger partial charge in [-0.05, 0) is 41.5 Å². The van der Waals surface area contributed by atoms with Gasteiger partial charge in [0.25, 0.3) is 17.0 Å². The molecule has 0 saturated carbocycles. The summed E-state index contributed by atoms with van der Waals surface area (Å²) in [7, 11) is 0. The molecule has 0 spiro atoms. The number of anilines is 1. The van der Waals surface area contributed by atoms with Gasteiger partial charge in [-0.1, -0.05) is 23.0 Å². The van der Waals surface area contributed by atoms with Crippen molar-refractivity contribution < 1.29 is 78.7 Å². The number of aliphatic carboxylic acids is 1. The zero-order chi connectivity index (χ0) is 34.1. The third-order valence-electron chi connectivity index (χ3n) is 6.93. The van der Waals surface area contributed by atoms with Crippen LogP contribution in [-0.4, -0.2) is 86.9 Å². The van der Waals surface area contributed by atoms with Crippen molar-refractivity contribution in [2.24, 2.45) is 5.16 Å². The van der Waals surface area contributed by atoms with Crippen LogP contribution in [0.25, 0.3) is 11.5 Å². The molecular weight excluding hydrogens is 714 g/mol. The number of amides is 2. The van der Waals surface area contributed by atoms with Crippen LogP contribution in [0.15, 0.2) is 67.8 Å². The summed E-state index contributed by atoms with van der Waals surface area (Å²) in [6.45, 7) is -0.190. The van der Waals surface area contributed by atoms with Crippen LogP contribution >= 0.6 is 34.9 Å². The third-order valence-corrected chi connectivity index (χ3v) is 9.85. The Morgan fingerprint density at radius 2 is 1.86 bits per heavy atom. The number of hydrogen-bond donors (Lipinski definition) is 6. The van der Waals surface area contributed by atoms with Gasteiger partial charge in [0.2, 0.25) is 5.89 Å². The molecule has 4 aromatic rings. The van der Waals surface area contributed by atoms with E-state index in [0.717, 1.165) is 28.0 Å². The number of oxime groups is 1. The number of phenolic OH excluding ortho intramolecular Hbond substituents is 4. The minimum atomic E-state index is -1.58. The van der Waals surface area contributed by atoms with Crippen LogP contribution in [0.2, 0.25) is 0 Å². The molecule has 2 aromatic carbocycles. The molecule has 2 aliphatic rings. The van der Waals surface area contributed by atoms with E-state index in [1.54, 1.807) is 0 Å². The number of nitrogen functional groups attached to an aromatic ring is 1. The molecule has 2 aliphatic heterocycles. The van der Waals surface area contributed by atoms with E-state index >= 15 is 0 Å². The molecule has 49 heavy (non-hydrogen) atoms. The fourth-order valence-electron chi connectivity index (χ4n) is 4.61. The molecule has 17 nitrogen and oxygen atoms in total. The summed E-state index contributed by atoms with van der Waals surface area (Å²) in [6, 6.07) is 6.86. The Kier molecular flexibility index (Phi) is 10.9. The number of carbonyl (C=O) groups excluding carboxylic acids is 3. The van der Waals surface area contributed by atoms with Gasteiger partial charge in [0, 0.05) is 22.4 Å². The first-order valence-corrected chi connectivity index (χ1v) is 16.5. The number of fused-ring (bicyclic) bond motifs is 1. The van der Waals surface area contributed by atoms with Crippen LogP contribution in [0.4, 0.5) is 5.13 Å². The SMILES string of the molecule is Nc1nc(/C(=N/OCc2ccc(O)c(O)c2)C(=O)N[C@@H]2C(=O)N3C(C(=O)[O-])=C(CSc4nnc(-c5ccc(O)c(O)c5)o4)CS[C@H]23)cs1.[Na+]. The Hall–Kier alpha value is -4.47. The molecule has 4 heterocycles. The van der Waals surface area contributed by atoms with Crippen molar-refractivity contribution >= 4 is 63.5 Å². The van der Waals surface area contributed by atoms with Gasteiger partial charge in [0.15, 0.2) is 33.8 Å². The van der Waals surface area contributed by atoms with Gasteiger partial charge < -0.3 is 50.6 Å². The number of thioether (sulfide) groups is 2. The number of nitrogens with two attached hydrogens (primary N) is 1. The molecule has 1 saturated heterocycles. The molecule has 6 rings (SSSR count). The molecule has 0 radical (unpaired) electrons. The summed E-state index contributed by atoms with van der Waals surface area (Å²) in [5.41, 5.74) is 6.33.